The van der Waals surface area contributed by atoms with Crippen LogP contribution in [0.2, 0.25) is 0 Å². The number of guanidine groups is 1. The molecule has 156 valence electrons. The molecule has 0 fully saturated rings. The third-order valence-corrected chi connectivity index (χ3v) is 4.68. The highest BCUT2D eigenvalue weighted by atomic mass is 32.2. The summed E-state index contributed by atoms with van der Waals surface area (Å²) in [7, 11) is 1.80. The van der Waals surface area contributed by atoms with Gasteiger partial charge in [0.15, 0.2) is 11.1 Å². The lowest BCUT2D eigenvalue weighted by Crippen LogP contribution is -2.38. The fraction of sp³-hybridized carbons (Fsp3) is 0.842. The van der Waals surface area contributed by atoms with E-state index in [1.165, 1.54) is 6.42 Å². The van der Waals surface area contributed by atoms with E-state index in [1.54, 1.807) is 18.8 Å². The van der Waals surface area contributed by atoms with Crippen LogP contribution < -0.4 is 10.6 Å². The Bertz CT molecular complexity index is 532. The Morgan fingerprint density at radius 2 is 1.85 bits per heavy atom. The van der Waals surface area contributed by atoms with Gasteiger partial charge >= 0.3 is 0 Å². The van der Waals surface area contributed by atoms with Crippen molar-refractivity contribution in [3.63, 3.8) is 0 Å². The molecule has 0 aliphatic rings. The molecule has 1 aromatic heterocycles. The lowest BCUT2D eigenvalue weighted by molar-refractivity contribution is 0.129. The van der Waals surface area contributed by atoms with E-state index in [0.717, 1.165) is 75.5 Å². The largest absolute Gasteiger partial charge is 0.381 e. The number of aromatic nitrogens is 3. The van der Waals surface area contributed by atoms with Crippen molar-refractivity contribution >= 4 is 17.7 Å². The normalized spacial score (nSPS) is 12.0. The van der Waals surface area contributed by atoms with Crippen LogP contribution in [0.1, 0.15) is 52.3 Å². The third kappa shape index (κ3) is 10.0. The highest BCUT2D eigenvalue weighted by Crippen LogP contribution is 2.16. The topological polar surface area (TPSA) is 76.4 Å². The van der Waals surface area contributed by atoms with Crippen LogP contribution in [0.3, 0.4) is 0 Å². The molecule has 0 aliphatic carbocycles. The number of aryl methyl sites for hydroxylation is 1. The Morgan fingerprint density at radius 1 is 1.15 bits per heavy atom. The standard InChI is InChI=1S/C19H38N6OS/c1-6-7-13-26-14-9-12-22-18(20-4)21-11-8-10-17-23-24-19(27-5)25(17)15-16(2)3/h16H,6-15H2,1-5H3,(H2,20,21,22). The van der Waals surface area contributed by atoms with Gasteiger partial charge in [-0.15, -0.1) is 10.2 Å². The molecule has 7 nitrogen and oxygen atoms in total. The summed E-state index contributed by atoms with van der Waals surface area (Å²) in [5, 5.41) is 16.4. The van der Waals surface area contributed by atoms with Gasteiger partial charge in [-0.3, -0.25) is 4.99 Å². The quantitative estimate of drug-likeness (QED) is 0.217. The van der Waals surface area contributed by atoms with E-state index >= 15 is 0 Å². The van der Waals surface area contributed by atoms with E-state index < -0.39 is 0 Å². The zero-order valence-corrected chi connectivity index (χ0v) is 18.6. The summed E-state index contributed by atoms with van der Waals surface area (Å²) >= 11 is 1.66. The first-order chi connectivity index (χ1) is 13.1. The molecule has 0 aromatic carbocycles. The van der Waals surface area contributed by atoms with E-state index in [-0.39, 0.29) is 0 Å². The Hall–Kier alpha value is -1.28. The zero-order valence-electron chi connectivity index (χ0n) is 17.8. The fourth-order valence-corrected chi connectivity index (χ4v) is 3.13. The van der Waals surface area contributed by atoms with Crippen LogP contribution in [0.15, 0.2) is 10.1 Å². The number of aliphatic imine (C=N–C) groups is 1. The van der Waals surface area contributed by atoms with E-state index in [0.29, 0.717) is 5.92 Å². The average Bonchev–Trinajstić information content (AvgIpc) is 3.03. The fourth-order valence-electron chi connectivity index (χ4n) is 2.61. The average molecular weight is 399 g/mol. The van der Waals surface area contributed by atoms with Crippen LogP contribution >= 0.6 is 11.8 Å². The van der Waals surface area contributed by atoms with Gasteiger partial charge in [-0.1, -0.05) is 39.0 Å². The SMILES string of the molecule is CCCCOCCCNC(=NC)NCCCc1nnc(SC)n1CC(C)C. The van der Waals surface area contributed by atoms with Gasteiger partial charge in [0.1, 0.15) is 5.82 Å². The number of rotatable bonds is 14. The summed E-state index contributed by atoms with van der Waals surface area (Å²) in [5.74, 6) is 2.50. The molecule has 0 amide bonds. The van der Waals surface area contributed by atoms with Crippen molar-refractivity contribution in [3.8, 4) is 0 Å². The van der Waals surface area contributed by atoms with Crippen LogP contribution in [-0.2, 0) is 17.7 Å². The van der Waals surface area contributed by atoms with Crippen LogP contribution in [0, 0.1) is 5.92 Å². The number of ether oxygens (including phenoxy) is 1. The van der Waals surface area contributed by atoms with E-state index in [1.807, 2.05) is 0 Å². The number of thioether (sulfide) groups is 1. The minimum Gasteiger partial charge on any atom is -0.381 e. The molecule has 1 heterocycles. The molecule has 0 bridgehead atoms. The number of hydrogen-bond acceptors (Lipinski definition) is 5. The van der Waals surface area contributed by atoms with Gasteiger partial charge in [0.2, 0.25) is 0 Å². The summed E-state index contributed by atoms with van der Waals surface area (Å²) in [6.07, 6.45) is 7.26. The second-order valence-corrected chi connectivity index (χ2v) is 7.73. The van der Waals surface area contributed by atoms with Crippen molar-refractivity contribution in [2.75, 3.05) is 39.6 Å². The maximum atomic E-state index is 5.57. The Kier molecular flexibility index (Phi) is 13.0. The lowest BCUT2D eigenvalue weighted by atomic mass is 10.2. The van der Waals surface area contributed by atoms with Gasteiger partial charge in [0, 0.05) is 46.3 Å². The van der Waals surface area contributed by atoms with Gasteiger partial charge in [0.05, 0.1) is 0 Å². The molecule has 27 heavy (non-hydrogen) atoms. The summed E-state index contributed by atoms with van der Waals surface area (Å²) < 4.78 is 7.82. The van der Waals surface area contributed by atoms with Gasteiger partial charge in [-0.2, -0.15) is 0 Å². The van der Waals surface area contributed by atoms with Crippen LogP contribution in [0.25, 0.3) is 0 Å². The van der Waals surface area contributed by atoms with Crippen molar-refractivity contribution in [1.82, 2.24) is 25.4 Å². The molecular weight excluding hydrogens is 360 g/mol. The zero-order chi connectivity index (χ0) is 19.9. The molecule has 1 aromatic rings. The monoisotopic (exact) mass is 398 g/mol. The van der Waals surface area contributed by atoms with Crippen LogP contribution in [-0.4, -0.2) is 60.3 Å². The molecule has 1 rings (SSSR count). The summed E-state index contributed by atoms with van der Waals surface area (Å²) in [5.41, 5.74) is 0. The first-order valence-corrected chi connectivity index (χ1v) is 11.3. The van der Waals surface area contributed by atoms with Crippen molar-refractivity contribution in [2.24, 2.45) is 10.9 Å². The summed E-state index contributed by atoms with van der Waals surface area (Å²) in [6, 6.07) is 0. The van der Waals surface area contributed by atoms with Gasteiger partial charge < -0.3 is 19.9 Å². The van der Waals surface area contributed by atoms with Gasteiger partial charge in [0.25, 0.3) is 0 Å². The smallest absolute Gasteiger partial charge is 0.190 e. The Balaban J connectivity index is 2.25. The highest BCUT2D eigenvalue weighted by molar-refractivity contribution is 7.98. The van der Waals surface area contributed by atoms with Gasteiger partial charge in [-0.25, -0.2) is 0 Å². The van der Waals surface area contributed by atoms with E-state index in [4.69, 9.17) is 4.74 Å². The Labute approximate surface area is 169 Å². The van der Waals surface area contributed by atoms with Crippen molar-refractivity contribution in [3.05, 3.63) is 5.82 Å². The van der Waals surface area contributed by atoms with Gasteiger partial charge in [-0.05, 0) is 31.4 Å². The first kappa shape index (κ1) is 23.8. The highest BCUT2D eigenvalue weighted by Gasteiger charge is 2.12. The lowest BCUT2D eigenvalue weighted by Gasteiger charge is -2.13. The molecule has 0 saturated carbocycles. The van der Waals surface area contributed by atoms with Crippen LogP contribution in [0.4, 0.5) is 0 Å². The molecular formula is C19H38N6OS. The third-order valence-electron chi connectivity index (χ3n) is 4.02. The molecule has 0 atom stereocenters. The van der Waals surface area contributed by atoms with Crippen LogP contribution in [0.5, 0.6) is 0 Å². The maximum Gasteiger partial charge on any atom is 0.190 e. The van der Waals surface area contributed by atoms with E-state index in [2.05, 4.69) is 57.4 Å². The molecule has 0 saturated heterocycles. The minimum absolute atomic E-state index is 0.581. The number of nitrogens with zero attached hydrogens (tertiary/aromatic N) is 4. The minimum atomic E-state index is 0.581. The Morgan fingerprint density at radius 3 is 2.48 bits per heavy atom. The predicted octanol–water partition coefficient (Wildman–Crippen LogP) is 2.96. The molecule has 0 spiro atoms. The molecule has 0 radical (unpaired) electrons. The first-order valence-electron chi connectivity index (χ1n) is 10.1. The summed E-state index contributed by atoms with van der Waals surface area (Å²) in [6.45, 7) is 11.0. The molecule has 2 N–H and O–H groups in total. The summed E-state index contributed by atoms with van der Waals surface area (Å²) in [4.78, 5) is 4.27. The number of unbranched alkanes of at least 4 members (excludes halogenated alkanes) is 1. The second kappa shape index (κ2) is 14.7. The second-order valence-electron chi connectivity index (χ2n) is 6.96. The number of hydrogen-bond donors (Lipinski definition) is 2. The molecule has 0 unspecified atom stereocenters. The van der Waals surface area contributed by atoms with Crippen molar-refractivity contribution in [1.29, 1.82) is 0 Å². The number of nitrogens with one attached hydrogen (secondary N) is 2. The predicted molar refractivity (Wildman–Crippen MR) is 115 cm³/mol. The van der Waals surface area contributed by atoms with E-state index in [9.17, 15) is 0 Å². The molecule has 0 aliphatic heterocycles. The molecule has 8 heteroatoms. The van der Waals surface area contributed by atoms with Crippen molar-refractivity contribution < 1.29 is 4.74 Å². The van der Waals surface area contributed by atoms with Crippen molar-refractivity contribution in [2.45, 2.75) is 64.6 Å². The maximum absolute atomic E-state index is 5.57.